The number of morpholine rings is 1. The van der Waals surface area contributed by atoms with Crippen LogP contribution in [0.4, 0.5) is 5.69 Å². The molecule has 0 radical (unpaired) electrons. The van der Waals surface area contributed by atoms with Crippen LogP contribution in [0.5, 0.6) is 0 Å². The van der Waals surface area contributed by atoms with Gasteiger partial charge in [0.25, 0.3) is 0 Å². The molecular formula is C15H24N2O. The summed E-state index contributed by atoms with van der Waals surface area (Å²) >= 11 is 0. The Kier molecular flexibility index (Phi) is 4.61. The van der Waals surface area contributed by atoms with Crippen molar-refractivity contribution in [3.63, 3.8) is 0 Å². The van der Waals surface area contributed by atoms with Crippen LogP contribution in [-0.4, -0.2) is 25.8 Å². The summed E-state index contributed by atoms with van der Waals surface area (Å²) in [6, 6.07) is 8.64. The van der Waals surface area contributed by atoms with Crippen molar-refractivity contribution in [1.82, 2.24) is 0 Å². The first kappa shape index (κ1) is 13.4. The molecule has 0 saturated carbocycles. The van der Waals surface area contributed by atoms with Gasteiger partial charge in [-0.1, -0.05) is 32.0 Å². The van der Waals surface area contributed by atoms with Crippen LogP contribution in [0.15, 0.2) is 24.3 Å². The van der Waals surface area contributed by atoms with Crippen molar-refractivity contribution in [2.24, 2.45) is 5.73 Å². The highest BCUT2D eigenvalue weighted by Gasteiger charge is 2.21. The molecule has 0 aromatic heterocycles. The van der Waals surface area contributed by atoms with Crippen LogP contribution in [0.3, 0.4) is 0 Å². The van der Waals surface area contributed by atoms with Gasteiger partial charge in [0, 0.05) is 24.8 Å². The topological polar surface area (TPSA) is 38.5 Å². The first-order valence-corrected chi connectivity index (χ1v) is 6.97. The molecule has 0 bridgehead atoms. The quantitative estimate of drug-likeness (QED) is 0.890. The second kappa shape index (κ2) is 6.21. The van der Waals surface area contributed by atoms with Crippen LogP contribution in [0.2, 0.25) is 0 Å². The minimum atomic E-state index is 0.129. The molecule has 1 saturated heterocycles. The fourth-order valence-electron chi connectivity index (χ4n) is 2.49. The molecule has 0 amide bonds. The molecule has 3 heteroatoms. The van der Waals surface area contributed by atoms with Crippen molar-refractivity contribution in [2.45, 2.75) is 38.8 Å². The van der Waals surface area contributed by atoms with Crippen molar-refractivity contribution in [3.8, 4) is 0 Å². The van der Waals surface area contributed by atoms with Crippen molar-refractivity contribution >= 4 is 5.69 Å². The molecule has 0 aliphatic carbocycles. The number of benzene rings is 1. The van der Waals surface area contributed by atoms with Crippen LogP contribution in [0.25, 0.3) is 0 Å². The van der Waals surface area contributed by atoms with E-state index in [9.17, 15) is 0 Å². The Morgan fingerprint density at radius 2 is 2.17 bits per heavy atom. The van der Waals surface area contributed by atoms with Crippen LogP contribution in [0.1, 0.15) is 38.3 Å². The Bertz CT molecular complexity index is 381. The third kappa shape index (κ3) is 2.85. The second-order valence-corrected chi connectivity index (χ2v) is 4.92. The van der Waals surface area contributed by atoms with Gasteiger partial charge in [-0.25, -0.2) is 0 Å². The zero-order valence-electron chi connectivity index (χ0n) is 11.4. The smallest absolute Gasteiger partial charge is 0.0748 e. The lowest BCUT2D eigenvalue weighted by Gasteiger charge is -2.36. The summed E-state index contributed by atoms with van der Waals surface area (Å²) in [5.74, 6) is 0. The van der Waals surface area contributed by atoms with E-state index < -0.39 is 0 Å². The molecule has 18 heavy (non-hydrogen) atoms. The third-order valence-electron chi connectivity index (χ3n) is 3.71. The van der Waals surface area contributed by atoms with Crippen LogP contribution in [0, 0.1) is 0 Å². The van der Waals surface area contributed by atoms with Gasteiger partial charge in [-0.15, -0.1) is 0 Å². The highest BCUT2D eigenvalue weighted by Crippen LogP contribution is 2.28. The maximum absolute atomic E-state index is 6.21. The van der Waals surface area contributed by atoms with E-state index in [4.69, 9.17) is 10.5 Å². The van der Waals surface area contributed by atoms with Crippen molar-refractivity contribution in [2.75, 3.05) is 24.6 Å². The fraction of sp³-hybridized carbons (Fsp3) is 0.600. The summed E-state index contributed by atoms with van der Waals surface area (Å²) in [5, 5.41) is 0. The molecule has 2 rings (SSSR count). The van der Waals surface area contributed by atoms with Gasteiger partial charge in [0.2, 0.25) is 0 Å². The maximum atomic E-state index is 6.21. The van der Waals surface area contributed by atoms with Gasteiger partial charge in [0.1, 0.15) is 0 Å². The largest absolute Gasteiger partial charge is 0.375 e. The molecule has 100 valence electrons. The highest BCUT2D eigenvalue weighted by molar-refractivity contribution is 5.55. The molecule has 0 spiro atoms. The summed E-state index contributed by atoms with van der Waals surface area (Å²) < 4.78 is 5.73. The van der Waals surface area contributed by atoms with Gasteiger partial charge < -0.3 is 15.4 Å². The van der Waals surface area contributed by atoms with Crippen LogP contribution < -0.4 is 10.6 Å². The number of nitrogens with zero attached hydrogens (tertiary/aromatic N) is 1. The van der Waals surface area contributed by atoms with Gasteiger partial charge in [0.05, 0.1) is 12.7 Å². The molecule has 1 heterocycles. The number of ether oxygens (including phenoxy) is 1. The molecule has 1 aliphatic heterocycles. The number of nitrogens with two attached hydrogens (primary N) is 1. The van der Waals surface area contributed by atoms with E-state index in [1.165, 1.54) is 11.3 Å². The Morgan fingerprint density at radius 3 is 2.89 bits per heavy atom. The second-order valence-electron chi connectivity index (χ2n) is 4.92. The SMILES string of the molecule is CCC1CN(c2ccccc2[C@H](N)CC)CCO1. The lowest BCUT2D eigenvalue weighted by atomic mass is 10.0. The van der Waals surface area contributed by atoms with E-state index >= 15 is 0 Å². The van der Waals surface area contributed by atoms with Crippen molar-refractivity contribution in [3.05, 3.63) is 29.8 Å². The molecule has 2 atom stereocenters. The lowest BCUT2D eigenvalue weighted by Crippen LogP contribution is -2.42. The molecule has 3 nitrogen and oxygen atoms in total. The third-order valence-corrected chi connectivity index (χ3v) is 3.71. The summed E-state index contributed by atoms with van der Waals surface area (Å²) in [4.78, 5) is 2.42. The number of hydrogen-bond acceptors (Lipinski definition) is 3. The van der Waals surface area contributed by atoms with Gasteiger partial charge in [0.15, 0.2) is 0 Å². The van der Waals surface area contributed by atoms with Crippen molar-refractivity contribution < 1.29 is 4.74 Å². The van der Waals surface area contributed by atoms with E-state index in [0.717, 1.165) is 32.5 Å². The summed E-state index contributed by atoms with van der Waals surface area (Å²) in [6.45, 7) is 7.07. The van der Waals surface area contributed by atoms with E-state index in [-0.39, 0.29) is 6.04 Å². The number of hydrogen-bond donors (Lipinski definition) is 1. The first-order valence-electron chi connectivity index (χ1n) is 6.97. The highest BCUT2D eigenvalue weighted by atomic mass is 16.5. The van der Waals surface area contributed by atoms with Gasteiger partial charge in [-0.3, -0.25) is 0 Å². The van der Waals surface area contributed by atoms with Crippen molar-refractivity contribution in [1.29, 1.82) is 0 Å². The molecule has 2 N–H and O–H groups in total. The molecule has 1 fully saturated rings. The van der Waals surface area contributed by atoms with Crippen LogP contribution >= 0.6 is 0 Å². The minimum Gasteiger partial charge on any atom is -0.375 e. The maximum Gasteiger partial charge on any atom is 0.0748 e. The standard InChI is InChI=1S/C15H24N2O/c1-3-12-11-17(9-10-18-12)15-8-6-5-7-13(15)14(16)4-2/h5-8,12,14H,3-4,9-11,16H2,1-2H3/t12?,14-/m1/s1. The van der Waals surface area contributed by atoms with E-state index in [1.54, 1.807) is 0 Å². The monoisotopic (exact) mass is 248 g/mol. The molecule has 1 aliphatic rings. The molecule has 1 aromatic rings. The van der Waals surface area contributed by atoms with Gasteiger partial charge >= 0.3 is 0 Å². The summed E-state index contributed by atoms with van der Waals surface area (Å²) in [7, 11) is 0. The lowest BCUT2D eigenvalue weighted by molar-refractivity contribution is 0.0383. The normalized spacial score (nSPS) is 21.9. The molecule has 1 aromatic carbocycles. The van der Waals surface area contributed by atoms with E-state index in [1.807, 2.05) is 0 Å². The zero-order chi connectivity index (χ0) is 13.0. The predicted octanol–water partition coefficient (Wildman–Crippen LogP) is 2.71. The van der Waals surface area contributed by atoms with Gasteiger partial charge in [-0.2, -0.15) is 0 Å². The fourth-order valence-corrected chi connectivity index (χ4v) is 2.49. The minimum absolute atomic E-state index is 0.129. The summed E-state index contributed by atoms with van der Waals surface area (Å²) in [5.41, 5.74) is 8.76. The molecular weight excluding hydrogens is 224 g/mol. The van der Waals surface area contributed by atoms with E-state index in [2.05, 4.69) is 43.0 Å². The predicted molar refractivity (Wildman–Crippen MR) is 75.9 cm³/mol. The Hall–Kier alpha value is -1.06. The Morgan fingerprint density at radius 1 is 1.39 bits per heavy atom. The summed E-state index contributed by atoms with van der Waals surface area (Å²) in [6.07, 6.45) is 2.39. The number of anilines is 1. The number of para-hydroxylation sites is 1. The number of rotatable bonds is 4. The zero-order valence-corrected chi connectivity index (χ0v) is 11.4. The first-order chi connectivity index (χ1) is 8.76. The van der Waals surface area contributed by atoms with Gasteiger partial charge in [-0.05, 0) is 24.5 Å². The molecule has 1 unspecified atom stereocenters. The Labute approximate surface area is 110 Å². The Balaban J connectivity index is 2.21. The van der Waals surface area contributed by atoms with Crippen LogP contribution in [-0.2, 0) is 4.74 Å². The van der Waals surface area contributed by atoms with E-state index in [0.29, 0.717) is 6.10 Å². The average molecular weight is 248 g/mol. The average Bonchev–Trinajstić information content (AvgIpc) is 2.46.